The molecule has 0 aliphatic rings. The number of fused-ring (bicyclic) bond motifs is 6. The second-order valence-corrected chi connectivity index (χ2v) is 12.9. The molecule has 0 N–H and O–H groups in total. The van der Waals surface area contributed by atoms with Crippen LogP contribution in [0.1, 0.15) is 0 Å². The normalized spacial score (nSPS) is 11.5. The maximum absolute atomic E-state index is 6.94. The van der Waals surface area contributed by atoms with Gasteiger partial charge in [0.15, 0.2) is 5.58 Å². The second kappa shape index (κ2) is 12.4. The van der Waals surface area contributed by atoms with E-state index in [4.69, 9.17) is 8.83 Å². The molecule has 0 saturated heterocycles. The fraction of sp³-hybridized carbons (Fsp3) is 0. The van der Waals surface area contributed by atoms with Crippen molar-refractivity contribution in [1.82, 2.24) is 0 Å². The van der Waals surface area contributed by atoms with Gasteiger partial charge in [-0.3, -0.25) is 0 Å². The third-order valence-corrected chi connectivity index (χ3v) is 9.84. The summed E-state index contributed by atoms with van der Waals surface area (Å²) in [4.78, 5) is 4.57. The molecule has 0 radical (unpaired) electrons. The molecule has 0 amide bonds. The van der Waals surface area contributed by atoms with Crippen molar-refractivity contribution in [3.63, 3.8) is 0 Å². The van der Waals surface area contributed by atoms with Gasteiger partial charge >= 0.3 is 0 Å². The molecule has 0 aliphatic heterocycles. The zero-order chi connectivity index (χ0) is 34.4. The smallest absolute Gasteiger partial charge is 0.159 e. The Kier molecular flexibility index (Phi) is 7.10. The Morgan fingerprint density at radius 2 is 0.827 bits per heavy atom. The highest BCUT2D eigenvalue weighted by atomic mass is 16.3. The van der Waals surface area contributed by atoms with E-state index in [2.05, 4.69) is 186 Å². The largest absolute Gasteiger partial charge is 0.456 e. The number of nitrogens with zero attached hydrogens (tertiary/aromatic N) is 2. The Balaban J connectivity index is 1.15. The molecule has 10 aromatic rings. The minimum atomic E-state index is 0.815. The van der Waals surface area contributed by atoms with Gasteiger partial charge in [0.25, 0.3) is 0 Å². The van der Waals surface area contributed by atoms with Crippen LogP contribution in [-0.2, 0) is 0 Å². The number of anilines is 6. The van der Waals surface area contributed by atoms with Gasteiger partial charge in [0.1, 0.15) is 16.7 Å². The number of hydrogen-bond acceptors (Lipinski definition) is 4. The molecule has 0 aliphatic carbocycles. The van der Waals surface area contributed by atoms with Gasteiger partial charge < -0.3 is 18.6 Å². The molecule has 246 valence electrons. The molecular weight excluding hydrogens is 637 g/mol. The first-order chi connectivity index (χ1) is 25.8. The Morgan fingerprint density at radius 1 is 0.308 bits per heavy atom. The second-order valence-electron chi connectivity index (χ2n) is 12.9. The van der Waals surface area contributed by atoms with Gasteiger partial charge in [0.05, 0.1) is 11.4 Å². The number of furan rings is 2. The lowest BCUT2D eigenvalue weighted by Crippen LogP contribution is -2.11. The van der Waals surface area contributed by atoms with E-state index in [1.807, 2.05) is 18.2 Å². The zero-order valence-corrected chi connectivity index (χ0v) is 28.2. The molecule has 0 atom stereocenters. The van der Waals surface area contributed by atoms with Crippen LogP contribution in [0.15, 0.2) is 203 Å². The summed E-state index contributed by atoms with van der Waals surface area (Å²) in [6.07, 6.45) is 0. The maximum atomic E-state index is 6.94. The van der Waals surface area contributed by atoms with Crippen molar-refractivity contribution < 1.29 is 8.83 Å². The number of rotatable bonds is 7. The minimum absolute atomic E-state index is 0.815. The average Bonchev–Trinajstić information content (AvgIpc) is 3.78. The Hall–Kier alpha value is -7.04. The molecule has 0 saturated carbocycles. The Labute approximate surface area is 301 Å². The van der Waals surface area contributed by atoms with Crippen LogP contribution in [-0.4, -0.2) is 0 Å². The molecule has 0 bridgehead atoms. The minimum Gasteiger partial charge on any atom is -0.456 e. The first-order valence-electron chi connectivity index (χ1n) is 17.5. The van der Waals surface area contributed by atoms with Crippen molar-refractivity contribution in [3.05, 3.63) is 194 Å². The van der Waals surface area contributed by atoms with E-state index in [9.17, 15) is 0 Å². The maximum Gasteiger partial charge on any atom is 0.159 e. The fourth-order valence-corrected chi connectivity index (χ4v) is 7.48. The molecule has 2 aromatic heterocycles. The monoisotopic (exact) mass is 668 g/mol. The highest BCUT2D eigenvalue weighted by molar-refractivity contribution is 6.12. The van der Waals surface area contributed by atoms with Crippen molar-refractivity contribution in [1.29, 1.82) is 0 Å². The SMILES string of the molecule is c1ccc(-c2ccccc2N(c2ccccc2)c2cccc3c2oc2cc(N(c4ccccc4)c4ccc5c(c4)oc4ccccc45)ccc23)cc1. The van der Waals surface area contributed by atoms with Gasteiger partial charge in [-0.2, -0.15) is 0 Å². The summed E-state index contributed by atoms with van der Waals surface area (Å²) in [5, 5.41) is 4.34. The summed E-state index contributed by atoms with van der Waals surface area (Å²) in [5.41, 5.74) is 11.8. The predicted octanol–water partition coefficient (Wildman–Crippen LogP) is 14.1. The zero-order valence-electron chi connectivity index (χ0n) is 28.2. The van der Waals surface area contributed by atoms with E-state index in [1.54, 1.807) is 0 Å². The first-order valence-corrected chi connectivity index (χ1v) is 17.5. The van der Waals surface area contributed by atoms with Crippen molar-refractivity contribution in [3.8, 4) is 11.1 Å². The summed E-state index contributed by atoms with van der Waals surface area (Å²) in [5.74, 6) is 0. The predicted molar refractivity (Wildman–Crippen MR) is 216 cm³/mol. The van der Waals surface area contributed by atoms with E-state index >= 15 is 0 Å². The Morgan fingerprint density at radius 3 is 1.56 bits per heavy atom. The van der Waals surface area contributed by atoms with E-state index in [1.165, 1.54) is 0 Å². The topological polar surface area (TPSA) is 32.8 Å². The number of hydrogen-bond donors (Lipinski definition) is 0. The highest BCUT2D eigenvalue weighted by Crippen LogP contribution is 2.46. The van der Waals surface area contributed by atoms with Crippen molar-refractivity contribution in [2.75, 3.05) is 9.80 Å². The standard InChI is InChI=1S/C48H32N2O2/c1-4-15-33(16-5-1)38-21-10-12-24-43(38)50(35-19-8-3-9-20-35)44-25-14-23-42-41-30-28-37(32-47(41)52-48(42)44)49(34-17-6-2-7-18-34)36-27-29-40-39-22-11-13-26-45(39)51-46(40)31-36/h1-32H. The lowest BCUT2D eigenvalue weighted by Gasteiger charge is -2.27. The summed E-state index contributed by atoms with van der Waals surface area (Å²) in [6.45, 7) is 0. The van der Waals surface area contributed by atoms with Crippen LogP contribution in [0.3, 0.4) is 0 Å². The van der Waals surface area contributed by atoms with E-state index in [-0.39, 0.29) is 0 Å². The van der Waals surface area contributed by atoms with Crippen molar-refractivity contribution >= 4 is 78.0 Å². The third kappa shape index (κ3) is 5.00. The third-order valence-electron chi connectivity index (χ3n) is 9.84. The molecular formula is C48H32N2O2. The van der Waals surface area contributed by atoms with E-state index in [0.29, 0.717) is 0 Å². The molecule has 8 aromatic carbocycles. The summed E-state index contributed by atoms with van der Waals surface area (Å²) in [6, 6.07) is 67.7. The molecule has 2 heterocycles. The Bertz CT molecular complexity index is 2860. The molecule has 0 unspecified atom stereocenters. The molecule has 4 heteroatoms. The molecule has 10 rings (SSSR count). The van der Waals surface area contributed by atoms with Gasteiger partial charge in [0, 0.05) is 62.0 Å². The quantitative estimate of drug-likeness (QED) is 0.169. The fourth-order valence-electron chi connectivity index (χ4n) is 7.48. The number of para-hydroxylation sites is 5. The van der Waals surface area contributed by atoms with Gasteiger partial charge in [-0.1, -0.05) is 115 Å². The summed E-state index contributed by atoms with van der Waals surface area (Å²) >= 11 is 0. The molecule has 0 spiro atoms. The van der Waals surface area contributed by atoms with Crippen LogP contribution < -0.4 is 9.80 Å². The van der Waals surface area contributed by atoms with Crippen molar-refractivity contribution in [2.24, 2.45) is 0 Å². The highest BCUT2D eigenvalue weighted by Gasteiger charge is 2.23. The van der Waals surface area contributed by atoms with Gasteiger partial charge in [-0.05, 0) is 72.3 Å². The first kappa shape index (κ1) is 29.8. The van der Waals surface area contributed by atoms with Crippen LogP contribution in [0.4, 0.5) is 34.1 Å². The molecule has 0 fully saturated rings. The van der Waals surface area contributed by atoms with Gasteiger partial charge in [-0.25, -0.2) is 0 Å². The van der Waals surface area contributed by atoms with E-state index in [0.717, 1.165) is 89.1 Å². The van der Waals surface area contributed by atoms with Crippen LogP contribution >= 0.6 is 0 Å². The van der Waals surface area contributed by atoms with Gasteiger partial charge in [-0.15, -0.1) is 0 Å². The van der Waals surface area contributed by atoms with Crippen molar-refractivity contribution in [2.45, 2.75) is 0 Å². The number of benzene rings is 8. The lowest BCUT2D eigenvalue weighted by atomic mass is 10.0. The van der Waals surface area contributed by atoms with Gasteiger partial charge in [0.2, 0.25) is 0 Å². The lowest BCUT2D eigenvalue weighted by molar-refractivity contribution is 0.669. The molecule has 4 nitrogen and oxygen atoms in total. The van der Waals surface area contributed by atoms with Crippen LogP contribution in [0.25, 0.3) is 55.0 Å². The van der Waals surface area contributed by atoms with Crippen LogP contribution in [0.5, 0.6) is 0 Å². The van der Waals surface area contributed by atoms with Crippen LogP contribution in [0, 0.1) is 0 Å². The summed E-state index contributed by atoms with van der Waals surface area (Å²) < 4.78 is 13.3. The average molecular weight is 669 g/mol. The van der Waals surface area contributed by atoms with Crippen LogP contribution in [0.2, 0.25) is 0 Å². The van der Waals surface area contributed by atoms with E-state index < -0.39 is 0 Å². The molecule has 52 heavy (non-hydrogen) atoms. The summed E-state index contributed by atoms with van der Waals surface area (Å²) in [7, 11) is 0.